The first-order valence-electron chi connectivity index (χ1n) is 6.50. The van der Waals surface area contributed by atoms with Crippen molar-refractivity contribution < 1.29 is 17.9 Å². The highest BCUT2D eigenvalue weighted by Crippen LogP contribution is 2.32. The number of halogens is 3. The number of benzene rings is 1. The molecule has 0 bridgehead atoms. The normalized spacial score (nSPS) is 17.3. The molecule has 1 aliphatic rings. The highest BCUT2D eigenvalue weighted by atomic mass is 19.4. The Balaban J connectivity index is 1.70. The molecule has 1 N–H and O–H groups in total. The van der Waals surface area contributed by atoms with Crippen LogP contribution in [0.25, 0.3) is 0 Å². The van der Waals surface area contributed by atoms with Gasteiger partial charge in [0.15, 0.2) is 0 Å². The van der Waals surface area contributed by atoms with Crippen LogP contribution in [0.5, 0.6) is 5.75 Å². The molecular formula is C14H18F3NO. The third-order valence-corrected chi connectivity index (χ3v) is 3.35. The van der Waals surface area contributed by atoms with Crippen molar-refractivity contribution in [2.24, 2.45) is 5.92 Å². The molecule has 5 heteroatoms. The van der Waals surface area contributed by atoms with Crippen LogP contribution in [0.2, 0.25) is 0 Å². The molecule has 0 spiro atoms. The molecule has 1 aromatic carbocycles. The SMILES string of the molecule is CC(NCCOc1ccc(C(F)(F)F)cc1)C1CC1. The molecule has 0 aliphatic heterocycles. The molecule has 0 saturated heterocycles. The zero-order valence-corrected chi connectivity index (χ0v) is 10.8. The van der Waals surface area contributed by atoms with Gasteiger partial charge in [-0.15, -0.1) is 0 Å². The molecule has 2 nitrogen and oxygen atoms in total. The van der Waals surface area contributed by atoms with Gasteiger partial charge in [0, 0.05) is 12.6 Å². The summed E-state index contributed by atoms with van der Waals surface area (Å²) >= 11 is 0. The molecule has 0 aromatic heterocycles. The molecule has 1 fully saturated rings. The summed E-state index contributed by atoms with van der Waals surface area (Å²) in [4.78, 5) is 0. The van der Waals surface area contributed by atoms with Crippen molar-refractivity contribution in [3.05, 3.63) is 29.8 Å². The van der Waals surface area contributed by atoms with E-state index in [0.717, 1.165) is 18.1 Å². The van der Waals surface area contributed by atoms with E-state index in [2.05, 4.69) is 12.2 Å². The summed E-state index contributed by atoms with van der Waals surface area (Å²) in [6, 6.07) is 5.28. The fourth-order valence-corrected chi connectivity index (χ4v) is 1.96. The lowest BCUT2D eigenvalue weighted by molar-refractivity contribution is -0.137. The van der Waals surface area contributed by atoms with Gasteiger partial charge in [0.25, 0.3) is 0 Å². The Hall–Kier alpha value is -1.23. The lowest BCUT2D eigenvalue weighted by Gasteiger charge is -2.13. The zero-order valence-electron chi connectivity index (χ0n) is 10.8. The van der Waals surface area contributed by atoms with Gasteiger partial charge in [0.2, 0.25) is 0 Å². The standard InChI is InChI=1S/C14H18F3NO/c1-10(11-2-3-11)18-8-9-19-13-6-4-12(5-7-13)14(15,16)17/h4-7,10-11,18H,2-3,8-9H2,1H3. The predicted molar refractivity (Wildman–Crippen MR) is 67.1 cm³/mol. The molecule has 1 aromatic rings. The second-order valence-electron chi connectivity index (χ2n) is 4.95. The lowest BCUT2D eigenvalue weighted by atomic mass is 10.2. The van der Waals surface area contributed by atoms with Gasteiger partial charge in [-0.05, 0) is 49.9 Å². The summed E-state index contributed by atoms with van der Waals surface area (Å²) in [5.41, 5.74) is -0.652. The van der Waals surface area contributed by atoms with Crippen LogP contribution in [0, 0.1) is 5.92 Å². The second kappa shape index (κ2) is 5.82. The van der Waals surface area contributed by atoms with Gasteiger partial charge in [-0.1, -0.05) is 0 Å². The Kier molecular flexibility index (Phi) is 4.34. The maximum absolute atomic E-state index is 12.3. The van der Waals surface area contributed by atoms with Crippen molar-refractivity contribution in [1.82, 2.24) is 5.32 Å². The van der Waals surface area contributed by atoms with Gasteiger partial charge < -0.3 is 10.1 Å². The van der Waals surface area contributed by atoms with Gasteiger partial charge in [-0.25, -0.2) is 0 Å². The van der Waals surface area contributed by atoms with E-state index < -0.39 is 11.7 Å². The number of ether oxygens (including phenoxy) is 1. The average molecular weight is 273 g/mol. The van der Waals surface area contributed by atoms with Crippen LogP contribution in [-0.4, -0.2) is 19.2 Å². The fourth-order valence-electron chi connectivity index (χ4n) is 1.96. The Morgan fingerprint density at radius 2 is 1.89 bits per heavy atom. The Morgan fingerprint density at radius 1 is 1.26 bits per heavy atom. The highest BCUT2D eigenvalue weighted by Gasteiger charge is 2.30. The molecular weight excluding hydrogens is 255 g/mol. The van der Waals surface area contributed by atoms with Crippen molar-refractivity contribution in [1.29, 1.82) is 0 Å². The molecule has 1 aliphatic carbocycles. The molecule has 19 heavy (non-hydrogen) atoms. The van der Waals surface area contributed by atoms with Crippen LogP contribution < -0.4 is 10.1 Å². The van der Waals surface area contributed by atoms with Crippen molar-refractivity contribution in [2.75, 3.05) is 13.2 Å². The molecule has 1 unspecified atom stereocenters. The van der Waals surface area contributed by atoms with E-state index in [9.17, 15) is 13.2 Å². The van der Waals surface area contributed by atoms with Crippen molar-refractivity contribution in [3.63, 3.8) is 0 Å². The molecule has 2 rings (SSSR count). The largest absolute Gasteiger partial charge is 0.492 e. The Morgan fingerprint density at radius 3 is 2.42 bits per heavy atom. The third-order valence-electron chi connectivity index (χ3n) is 3.35. The topological polar surface area (TPSA) is 21.3 Å². The first-order chi connectivity index (χ1) is 8.97. The van der Waals surface area contributed by atoms with Crippen LogP contribution in [0.15, 0.2) is 24.3 Å². The second-order valence-corrected chi connectivity index (χ2v) is 4.95. The van der Waals surface area contributed by atoms with Crippen LogP contribution in [0.1, 0.15) is 25.3 Å². The number of alkyl halides is 3. The van der Waals surface area contributed by atoms with Crippen LogP contribution >= 0.6 is 0 Å². The van der Waals surface area contributed by atoms with Gasteiger partial charge in [-0.2, -0.15) is 13.2 Å². The van der Waals surface area contributed by atoms with E-state index in [1.165, 1.54) is 25.0 Å². The first kappa shape index (κ1) is 14.2. The maximum atomic E-state index is 12.3. The molecule has 1 saturated carbocycles. The fraction of sp³-hybridized carbons (Fsp3) is 0.571. The summed E-state index contributed by atoms with van der Waals surface area (Å²) in [7, 11) is 0. The van der Waals surface area contributed by atoms with Crippen LogP contribution in [-0.2, 0) is 6.18 Å². The highest BCUT2D eigenvalue weighted by molar-refractivity contribution is 5.28. The zero-order chi connectivity index (χ0) is 13.9. The van der Waals surface area contributed by atoms with E-state index in [1.54, 1.807) is 0 Å². The minimum absolute atomic E-state index is 0.461. The van der Waals surface area contributed by atoms with Crippen molar-refractivity contribution in [2.45, 2.75) is 32.0 Å². The van der Waals surface area contributed by atoms with E-state index in [0.29, 0.717) is 24.9 Å². The molecule has 1 atom stereocenters. The smallest absolute Gasteiger partial charge is 0.416 e. The molecule has 106 valence electrons. The summed E-state index contributed by atoms with van der Waals surface area (Å²) in [5, 5.41) is 3.35. The summed E-state index contributed by atoms with van der Waals surface area (Å²) < 4.78 is 42.4. The van der Waals surface area contributed by atoms with E-state index >= 15 is 0 Å². The first-order valence-corrected chi connectivity index (χ1v) is 6.50. The van der Waals surface area contributed by atoms with Crippen molar-refractivity contribution in [3.8, 4) is 5.75 Å². The predicted octanol–water partition coefficient (Wildman–Crippen LogP) is 3.47. The maximum Gasteiger partial charge on any atom is 0.416 e. The van der Waals surface area contributed by atoms with E-state index in [-0.39, 0.29) is 0 Å². The number of rotatable bonds is 6. The quantitative estimate of drug-likeness (QED) is 0.801. The van der Waals surface area contributed by atoms with Crippen LogP contribution in [0.4, 0.5) is 13.2 Å². The van der Waals surface area contributed by atoms with Gasteiger partial charge >= 0.3 is 6.18 Å². The van der Waals surface area contributed by atoms with Gasteiger partial charge in [0.05, 0.1) is 5.56 Å². The monoisotopic (exact) mass is 273 g/mol. The van der Waals surface area contributed by atoms with E-state index in [4.69, 9.17) is 4.74 Å². The minimum Gasteiger partial charge on any atom is -0.492 e. The lowest BCUT2D eigenvalue weighted by Crippen LogP contribution is -2.31. The van der Waals surface area contributed by atoms with Crippen molar-refractivity contribution >= 4 is 0 Å². The summed E-state index contributed by atoms with van der Waals surface area (Å²) in [6.07, 6.45) is -1.72. The summed E-state index contributed by atoms with van der Waals surface area (Å²) in [6.45, 7) is 3.32. The van der Waals surface area contributed by atoms with Crippen LogP contribution in [0.3, 0.4) is 0 Å². The third kappa shape index (κ3) is 4.42. The van der Waals surface area contributed by atoms with Gasteiger partial charge in [0.1, 0.15) is 12.4 Å². The Labute approximate surface area is 111 Å². The molecule has 0 radical (unpaired) electrons. The van der Waals surface area contributed by atoms with E-state index in [1.807, 2.05) is 0 Å². The summed E-state index contributed by atoms with van der Waals surface area (Å²) in [5.74, 6) is 1.25. The molecule has 0 heterocycles. The number of hydrogen-bond acceptors (Lipinski definition) is 2. The minimum atomic E-state index is -4.29. The van der Waals surface area contributed by atoms with Gasteiger partial charge in [-0.3, -0.25) is 0 Å². The number of hydrogen-bond donors (Lipinski definition) is 1. The molecule has 0 amide bonds. The number of nitrogens with one attached hydrogen (secondary N) is 1. The average Bonchev–Trinajstić information content (AvgIpc) is 3.18. The Bertz CT molecular complexity index is 398.